The SMILES string of the molecule is CS(=O)(=O)OCC(CO)(CO)COCC(=O)NC(Cc1ccc2ccccc2c1)C(=O)NCCCCC(NC(=O)NC(CCC(=O)O)C(=O)O)C(=O)O. The van der Waals surface area contributed by atoms with Gasteiger partial charge in [0.15, 0.2) is 0 Å². The van der Waals surface area contributed by atoms with Crippen molar-refractivity contribution in [2.45, 2.75) is 56.7 Å². The summed E-state index contributed by atoms with van der Waals surface area (Å²) in [5.74, 6) is -5.48. The van der Waals surface area contributed by atoms with Crippen molar-refractivity contribution in [3.63, 3.8) is 0 Å². The summed E-state index contributed by atoms with van der Waals surface area (Å²) in [6.07, 6.45) is 0.241. The number of carbonyl (C=O) groups excluding carboxylic acids is 3. The Kier molecular flexibility index (Phi) is 18.0. The number of rotatable bonds is 25. The average Bonchev–Trinajstić information content (AvgIpc) is 3.09. The third kappa shape index (κ3) is 16.5. The van der Waals surface area contributed by atoms with Gasteiger partial charge in [0.25, 0.3) is 10.1 Å². The van der Waals surface area contributed by atoms with E-state index in [1.54, 1.807) is 6.07 Å². The number of hydrogen-bond acceptors (Lipinski definition) is 12. The second-order valence-electron chi connectivity index (χ2n) is 12.4. The van der Waals surface area contributed by atoms with Gasteiger partial charge in [-0.1, -0.05) is 42.5 Å². The summed E-state index contributed by atoms with van der Waals surface area (Å²) < 4.78 is 32.8. The number of carboxylic acids is 3. The van der Waals surface area contributed by atoms with Gasteiger partial charge >= 0.3 is 23.9 Å². The first-order valence-electron chi connectivity index (χ1n) is 16.4. The Morgan fingerprint density at radius 3 is 2.00 bits per heavy atom. The van der Waals surface area contributed by atoms with Gasteiger partial charge < -0.3 is 51.5 Å². The predicted octanol–water partition coefficient (Wildman–Crippen LogP) is -0.812. The molecule has 0 saturated carbocycles. The highest BCUT2D eigenvalue weighted by Crippen LogP contribution is 2.19. The Morgan fingerprint density at radius 1 is 0.792 bits per heavy atom. The number of fused-ring (bicyclic) bond motifs is 1. The third-order valence-corrected chi connectivity index (χ3v) is 8.42. The monoisotopic (exact) mass is 770 g/mol. The van der Waals surface area contributed by atoms with Gasteiger partial charge in [-0.05, 0) is 42.0 Å². The van der Waals surface area contributed by atoms with Crippen LogP contribution in [-0.2, 0) is 49.4 Å². The van der Waals surface area contributed by atoms with E-state index in [9.17, 15) is 57.6 Å². The van der Waals surface area contributed by atoms with Crippen molar-refractivity contribution in [1.29, 1.82) is 0 Å². The Balaban J connectivity index is 2.00. The highest BCUT2D eigenvalue weighted by Gasteiger charge is 2.32. The number of aliphatic hydroxyl groups excluding tert-OH is 2. The van der Waals surface area contributed by atoms with Crippen LogP contribution in [0, 0.1) is 5.41 Å². The van der Waals surface area contributed by atoms with Crippen molar-refractivity contribution in [2.24, 2.45) is 5.41 Å². The minimum Gasteiger partial charge on any atom is -0.481 e. The molecule has 2 aromatic carbocycles. The number of ether oxygens (including phenoxy) is 1. The van der Waals surface area contributed by atoms with Gasteiger partial charge in [0, 0.05) is 19.4 Å². The molecule has 3 atom stereocenters. The molecule has 294 valence electrons. The maximum Gasteiger partial charge on any atom is 0.326 e. The zero-order chi connectivity index (χ0) is 39.6. The number of carboxylic acid groups (broad SMARTS) is 3. The number of hydrogen-bond donors (Lipinski definition) is 9. The molecule has 0 spiro atoms. The summed E-state index contributed by atoms with van der Waals surface area (Å²) in [4.78, 5) is 72.2. The third-order valence-electron chi connectivity index (χ3n) is 7.87. The Hall–Kier alpha value is -4.89. The molecule has 19 nitrogen and oxygen atoms in total. The molecular formula is C33H46N4O15S. The van der Waals surface area contributed by atoms with Gasteiger partial charge in [-0.2, -0.15) is 8.42 Å². The van der Waals surface area contributed by atoms with E-state index in [4.69, 9.17) is 14.0 Å². The number of unbranched alkanes of at least 4 members (excludes halogenated alkanes) is 1. The number of carbonyl (C=O) groups is 6. The zero-order valence-electron chi connectivity index (χ0n) is 29.0. The molecule has 0 aliphatic carbocycles. The van der Waals surface area contributed by atoms with Crippen LogP contribution in [0.3, 0.4) is 0 Å². The molecule has 0 aliphatic rings. The minimum absolute atomic E-state index is 0.0457. The van der Waals surface area contributed by atoms with Crippen LogP contribution in [0.15, 0.2) is 42.5 Å². The van der Waals surface area contributed by atoms with E-state index >= 15 is 0 Å². The highest BCUT2D eigenvalue weighted by molar-refractivity contribution is 7.85. The van der Waals surface area contributed by atoms with E-state index in [2.05, 4.69) is 16.0 Å². The van der Waals surface area contributed by atoms with Gasteiger partial charge in [0.05, 0.1) is 38.1 Å². The van der Waals surface area contributed by atoms with Crippen LogP contribution in [0.4, 0.5) is 4.79 Å². The van der Waals surface area contributed by atoms with Crippen LogP contribution in [0.2, 0.25) is 0 Å². The van der Waals surface area contributed by atoms with Crippen LogP contribution in [0.25, 0.3) is 10.8 Å². The summed E-state index contributed by atoms with van der Waals surface area (Å²) in [5.41, 5.74) is -0.822. The molecule has 9 N–H and O–H groups in total. The van der Waals surface area contributed by atoms with E-state index in [1.165, 1.54) is 0 Å². The van der Waals surface area contributed by atoms with Gasteiger partial charge in [-0.3, -0.25) is 18.6 Å². The molecule has 0 fully saturated rings. The molecule has 0 aliphatic heterocycles. The fraction of sp³-hybridized carbons (Fsp3) is 0.515. The molecule has 2 rings (SSSR count). The highest BCUT2D eigenvalue weighted by atomic mass is 32.2. The summed E-state index contributed by atoms with van der Waals surface area (Å²) in [6.45, 7) is -3.07. The number of nitrogens with one attached hydrogen (secondary N) is 4. The van der Waals surface area contributed by atoms with E-state index in [1.807, 2.05) is 41.7 Å². The Labute approximate surface area is 305 Å². The van der Waals surface area contributed by atoms with Crippen molar-refractivity contribution in [3.8, 4) is 0 Å². The standard InChI is InChI=1S/C33H46N4O15S/c1-53(49,50)52-20-33(17-38,18-39)19-51-16-27(40)35-26(15-21-9-10-22-6-2-3-7-23(22)14-21)29(43)34-13-5-4-8-24(30(44)45)36-32(48)37-25(31(46)47)11-12-28(41)42/h2-3,6-7,9-10,14,24-26,38-39H,4-5,8,11-13,15-20H2,1H3,(H,34,43)(H,35,40)(H,41,42)(H,44,45)(H,46,47)(H2,36,37,48). The minimum atomic E-state index is -3.90. The molecule has 0 heterocycles. The molecule has 20 heteroatoms. The zero-order valence-corrected chi connectivity index (χ0v) is 29.8. The first-order chi connectivity index (χ1) is 25.0. The number of urea groups is 1. The van der Waals surface area contributed by atoms with Gasteiger partial charge in [0.2, 0.25) is 11.8 Å². The van der Waals surface area contributed by atoms with Crippen LogP contribution in [-0.4, -0.2) is 134 Å². The van der Waals surface area contributed by atoms with Crippen molar-refractivity contribution in [3.05, 3.63) is 48.0 Å². The molecule has 0 radical (unpaired) electrons. The second-order valence-corrected chi connectivity index (χ2v) is 14.0. The van der Waals surface area contributed by atoms with E-state index in [0.29, 0.717) is 5.56 Å². The number of amides is 4. The summed E-state index contributed by atoms with van der Waals surface area (Å²) in [5, 5.41) is 58.3. The second kappa shape index (κ2) is 21.6. The molecule has 2 aromatic rings. The fourth-order valence-electron chi connectivity index (χ4n) is 4.86. The van der Waals surface area contributed by atoms with Crippen molar-refractivity contribution in [1.82, 2.24) is 21.3 Å². The number of aliphatic carboxylic acids is 3. The molecule has 53 heavy (non-hydrogen) atoms. The maximum atomic E-state index is 13.3. The van der Waals surface area contributed by atoms with Crippen molar-refractivity contribution in [2.75, 3.05) is 45.8 Å². The van der Waals surface area contributed by atoms with Crippen molar-refractivity contribution < 1.29 is 71.6 Å². The fourth-order valence-corrected chi connectivity index (χ4v) is 5.33. The van der Waals surface area contributed by atoms with Gasteiger partial charge in [-0.15, -0.1) is 0 Å². The topological polar surface area (TPSA) is 304 Å². The molecule has 0 bridgehead atoms. The average molecular weight is 771 g/mol. The van der Waals surface area contributed by atoms with Crippen LogP contribution < -0.4 is 21.3 Å². The molecule has 4 amide bonds. The first kappa shape index (κ1) is 44.3. The van der Waals surface area contributed by atoms with E-state index in [0.717, 1.165) is 17.0 Å². The van der Waals surface area contributed by atoms with E-state index in [-0.39, 0.29) is 32.2 Å². The maximum absolute atomic E-state index is 13.3. The van der Waals surface area contributed by atoms with Crippen LogP contribution in [0.1, 0.15) is 37.7 Å². The number of benzene rings is 2. The lowest BCUT2D eigenvalue weighted by Gasteiger charge is -2.28. The number of aliphatic hydroxyl groups is 2. The lowest BCUT2D eigenvalue weighted by Crippen LogP contribution is -2.51. The van der Waals surface area contributed by atoms with Crippen LogP contribution in [0.5, 0.6) is 0 Å². The normalized spacial score (nSPS) is 13.3. The van der Waals surface area contributed by atoms with Gasteiger partial charge in [0.1, 0.15) is 24.7 Å². The summed E-state index contributed by atoms with van der Waals surface area (Å²) >= 11 is 0. The first-order valence-corrected chi connectivity index (χ1v) is 18.2. The molecule has 3 unspecified atom stereocenters. The lowest BCUT2D eigenvalue weighted by atomic mass is 9.93. The molecular weight excluding hydrogens is 724 g/mol. The predicted molar refractivity (Wildman–Crippen MR) is 186 cm³/mol. The quantitative estimate of drug-likeness (QED) is 0.0441. The van der Waals surface area contributed by atoms with E-state index < -0.39 is 115 Å². The Morgan fingerprint density at radius 2 is 1.42 bits per heavy atom. The van der Waals surface area contributed by atoms with Gasteiger partial charge in [-0.25, -0.2) is 14.4 Å². The largest absolute Gasteiger partial charge is 0.481 e. The molecule has 0 aromatic heterocycles. The lowest BCUT2D eigenvalue weighted by molar-refractivity contribution is -0.141. The summed E-state index contributed by atoms with van der Waals surface area (Å²) in [7, 11) is -3.90. The Bertz CT molecular complexity index is 1680. The summed E-state index contributed by atoms with van der Waals surface area (Å²) in [6, 6.07) is 7.83. The van der Waals surface area contributed by atoms with Crippen LogP contribution >= 0.6 is 0 Å². The molecule has 0 saturated heterocycles. The van der Waals surface area contributed by atoms with Crippen molar-refractivity contribution >= 4 is 56.6 Å². The smallest absolute Gasteiger partial charge is 0.326 e.